The van der Waals surface area contributed by atoms with Crippen molar-refractivity contribution >= 4 is 17.4 Å². The van der Waals surface area contributed by atoms with Crippen LogP contribution < -0.4 is 5.01 Å². The van der Waals surface area contributed by atoms with Crippen LogP contribution in [-0.4, -0.2) is 39.0 Å². The third-order valence-corrected chi connectivity index (χ3v) is 6.01. The average molecular weight is 468 g/mol. The number of benzene rings is 2. The maximum absolute atomic E-state index is 13.4. The second-order valence-corrected chi connectivity index (χ2v) is 8.36. The van der Waals surface area contributed by atoms with Crippen molar-refractivity contribution < 1.29 is 23.1 Å². The Morgan fingerprint density at radius 2 is 1.85 bits per heavy atom. The van der Waals surface area contributed by atoms with E-state index in [4.69, 9.17) is 0 Å². The van der Waals surface area contributed by atoms with Crippen LogP contribution in [0.25, 0.3) is 11.3 Å². The maximum Gasteiger partial charge on any atom is 0.431 e. The SMILES string of the molecule is Cc1cc(-c2cnccn2)ccc1Cc1ccc(N2N=C(C(F)(F)F)[C@@H](C)[C@@H]2CC(=O)O)cc1. The molecule has 4 rings (SSSR count). The molecular weight excluding hydrogens is 445 g/mol. The summed E-state index contributed by atoms with van der Waals surface area (Å²) in [5.41, 5.74) is 4.39. The second-order valence-electron chi connectivity index (χ2n) is 8.36. The summed E-state index contributed by atoms with van der Waals surface area (Å²) in [6.45, 7) is 3.38. The number of carbonyl (C=O) groups is 1. The zero-order chi connectivity index (χ0) is 24.5. The maximum atomic E-state index is 13.4. The molecule has 0 aliphatic carbocycles. The number of carboxylic acid groups (broad SMARTS) is 1. The summed E-state index contributed by atoms with van der Waals surface area (Å²) in [5, 5.41) is 14.2. The Hall–Kier alpha value is -3.75. The Kier molecular flexibility index (Phi) is 6.37. The largest absolute Gasteiger partial charge is 0.481 e. The molecule has 2 heterocycles. The lowest BCUT2D eigenvalue weighted by atomic mass is 9.94. The molecule has 6 nitrogen and oxygen atoms in total. The van der Waals surface area contributed by atoms with Crippen molar-refractivity contribution in [2.45, 2.75) is 38.9 Å². The molecular formula is C25H23F3N4O2. The third kappa shape index (κ3) is 4.93. The van der Waals surface area contributed by atoms with Crippen molar-refractivity contribution in [3.8, 4) is 11.3 Å². The van der Waals surface area contributed by atoms with Gasteiger partial charge in [0.15, 0.2) is 0 Å². The van der Waals surface area contributed by atoms with Gasteiger partial charge in [-0.05, 0) is 48.2 Å². The molecule has 34 heavy (non-hydrogen) atoms. The fourth-order valence-electron chi connectivity index (χ4n) is 4.17. The Labute approximate surface area is 194 Å². The van der Waals surface area contributed by atoms with Crippen molar-refractivity contribution in [2.75, 3.05) is 5.01 Å². The Balaban J connectivity index is 1.54. The molecule has 0 saturated carbocycles. The Morgan fingerprint density at radius 3 is 2.44 bits per heavy atom. The van der Waals surface area contributed by atoms with Gasteiger partial charge in [-0.3, -0.25) is 19.8 Å². The lowest BCUT2D eigenvalue weighted by Crippen LogP contribution is -2.36. The van der Waals surface area contributed by atoms with Crippen LogP contribution in [0.3, 0.4) is 0 Å². The third-order valence-electron chi connectivity index (χ3n) is 6.01. The summed E-state index contributed by atoms with van der Waals surface area (Å²) in [5.74, 6) is -2.22. The van der Waals surface area contributed by atoms with E-state index < -0.39 is 36.2 Å². The van der Waals surface area contributed by atoms with E-state index in [1.54, 1.807) is 30.7 Å². The zero-order valence-electron chi connectivity index (χ0n) is 18.6. The quantitative estimate of drug-likeness (QED) is 0.534. The van der Waals surface area contributed by atoms with E-state index in [0.29, 0.717) is 12.1 Å². The molecule has 0 bridgehead atoms. The molecule has 1 aliphatic rings. The summed E-state index contributed by atoms with van der Waals surface area (Å²) >= 11 is 0. The molecule has 1 aromatic heterocycles. The smallest absolute Gasteiger partial charge is 0.431 e. The summed E-state index contributed by atoms with van der Waals surface area (Å²) in [7, 11) is 0. The van der Waals surface area contributed by atoms with Gasteiger partial charge in [-0.2, -0.15) is 18.3 Å². The molecule has 0 spiro atoms. The number of aryl methyl sites for hydroxylation is 1. The molecule has 1 aliphatic heterocycles. The van der Waals surface area contributed by atoms with Gasteiger partial charge in [0.05, 0.1) is 30.0 Å². The fourth-order valence-corrected chi connectivity index (χ4v) is 4.17. The summed E-state index contributed by atoms with van der Waals surface area (Å²) in [6, 6.07) is 12.2. The normalized spacial score (nSPS) is 18.1. The number of hydrogen-bond donors (Lipinski definition) is 1. The van der Waals surface area contributed by atoms with Crippen LogP contribution in [0.2, 0.25) is 0 Å². The van der Waals surface area contributed by atoms with Gasteiger partial charge >= 0.3 is 12.1 Å². The molecule has 0 fully saturated rings. The first-order valence-electron chi connectivity index (χ1n) is 10.7. The minimum atomic E-state index is -4.61. The monoisotopic (exact) mass is 468 g/mol. The first kappa shape index (κ1) is 23.4. The number of halogens is 3. The van der Waals surface area contributed by atoms with E-state index in [2.05, 4.69) is 15.1 Å². The molecule has 2 atom stereocenters. The molecule has 9 heteroatoms. The highest BCUT2D eigenvalue weighted by Crippen LogP contribution is 2.36. The standard InChI is InChI=1S/C25H23F3N4O2/c1-15-11-19(21-14-29-9-10-30-21)6-5-18(15)12-17-3-7-20(8-4-17)32-22(13-23(33)34)16(2)24(31-32)25(26,27)28/h3-11,14,16,22H,12-13H2,1-2H3,(H,33,34)/t16-,22-/m0/s1. The van der Waals surface area contributed by atoms with Crippen LogP contribution in [0, 0.1) is 12.8 Å². The van der Waals surface area contributed by atoms with Gasteiger partial charge in [0.2, 0.25) is 0 Å². The van der Waals surface area contributed by atoms with Crippen molar-refractivity contribution in [1.82, 2.24) is 9.97 Å². The van der Waals surface area contributed by atoms with Crippen LogP contribution >= 0.6 is 0 Å². The number of nitrogens with zero attached hydrogens (tertiary/aromatic N) is 4. The van der Waals surface area contributed by atoms with Crippen LogP contribution in [0.1, 0.15) is 30.0 Å². The second kappa shape index (κ2) is 9.24. The average Bonchev–Trinajstić information content (AvgIpc) is 3.12. The first-order chi connectivity index (χ1) is 16.1. The molecule has 1 N–H and O–H groups in total. The highest BCUT2D eigenvalue weighted by Gasteiger charge is 2.48. The van der Waals surface area contributed by atoms with E-state index >= 15 is 0 Å². The van der Waals surface area contributed by atoms with Crippen molar-refractivity contribution in [2.24, 2.45) is 11.0 Å². The number of anilines is 1. The van der Waals surface area contributed by atoms with Crippen molar-refractivity contribution in [3.63, 3.8) is 0 Å². The Bertz CT molecular complexity index is 1210. The van der Waals surface area contributed by atoms with E-state index in [0.717, 1.165) is 27.9 Å². The number of hydrogen-bond acceptors (Lipinski definition) is 5. The molecule has 0 unspecified atom stereocenters. The number of rotatable bonds is 6. The fraction of sp³-hybridized carbons (Fsp3) is 0.280. The predicted octanol–water partition coefficient (Wildman–Crippen LogP) is 5.26. The van der Waals surface area contributed by atoms with Crippen LogP contribution in [0.5, 0.6) is 0 Å². The summed E-state index contributed by atoms with van der Waals surface area (Å²) < 4.78 is 40.1. The van der Waals surface area contributed by atoms with Gasteiger partial charge in [0, 0.05) is 23.9 Å². The van der Waals surface area contributed by atoms with Gasteiger partial charge in [-0.1, -0.05) is 31.2 Å². The van der Waals surface area contributed by atoms with Gasteiger partial charge in [-0.25, -0.2) is 0 Å². The molecule has 0 amide bonds. The van der Waals surface area contributed by atoms with Crippen LogP contribution in [-0.2, 0) is 11.2 Å². The minimum absolute atomic E-state index is 0.427. The summed E-state index contributed by atoms with van der Waals surface area (Å²) in [6.07, 6.45) is 0.555. The minimum Gasteiger partial charge on any atom is -0.481 e. The highest BCUT2D eigenvalue weighted by atomic mass is 19.4. The molecule has 0 radical (unpaired) electrons. The van der Waals surface area contributed by atoms with Gasteiger partial charge < -0.3 is 5.11 Å². The Morgan fingerprint density at radius 1 is 1.12 bits per heavy atom. The predicted molar refractivity (Wildman–Crippen MR) is 123 cm³/mol. The number of carboxylic acids is 1. The lowest BCUT2D eigenvalue weighted by molar-refractivity contribution is -0.137. The number of aliphatic carboxylic acids is 1. The molecule has 0 saturated heterocycles. The van der Waals surface area contributed by atoms with Gasteiger partial charge in [-0.15, -0.1) is 0 Å². The topological polar surface area (TPSA) is 78.7 Å². The van der Waals surface area contributed by atoms with E-state index in [9.17, 15) is 23.1 Å². The molecule has 2 aromatic carbocycles. The van der Waals surface area contributed by atoms with E-state index in [-0.39, 0.29) is 0 Å². The first-order valence-corrected chi connectivity index (χ1v) is 10.7. The van der Waals surface area contributed by atoms with E-state index in [1.807, 2.05) is 37.3 Å². The number of aromatic nitrogens is 2. The number of hydrazone groups is 1. The summed E-state index contributed by atoms with van der Waals surface area (Å²) in [4.78, 5) is 19.7. The van der Waals surface area contributed by atoms with Crippen LogP contribution in [0.4, 0.5) is 18.9 Å². The lowest BCUT2D eigenvalue weighted by Gasteiger charge is -2.25. The van der Waals surface area contributed by atoms with Gasteiger partial charge in [0.25, 0.3) is 0 Å². The molecule has 176 valence electrons. The highest BCUT2D eigenvalue weighted by molar-refractivity contribution is 5.95. The number of alkyl halides is 3. The zero-order valence-corrected chi connectivity index (χ0v) is 18.6. The van der Waals surface area contributed by atoms with Crippen molar-refractivity contribution in [3.05, 3.63) is 77.7 Å². The van der Waals surface area contributed by atoms with Crippen molar-refractivity contribution in [1.29, 1.82) is 0 Å². The van der Waals surface area contributed by atoms with Crippen LogP contribution in [0.15, 0.2) is 66.2 Å². The van der Waals surface area contributed by atoms with E-state index in [1.165, 1.54) is 11.9 Å². The molecule has 3 aromatic rings. The van der Waals surface area contributed by atoms with Gasteiger partial charge in [0.1, 0.15) is 5.71 Å².